The van der Waals surface area contributed by atoms with Gasteiger partial charge in [-0.1, -0.05) is 18.2 Å². The molecule has 1 saturated carbocycles. The molecule has 0 radical (unpaired) electrons. The van der Waals surface area contributed by atoms with Crippen molar-refractivity contribution in [3.8, 4) is 0 Å². The van der Waals surface area contributed by atoms with E-state index >= 15 is 0 Å². The SMILES string of the molecule is COC(=O)c1ccccc1CS(=O)(=O)NC1CCC(N)CC1. The molecule has 2 rings (SSSR count). The molecule has 1 aromatic rings. The predicted molar refractivity (Wildman–Crippen MR) is 83.8 cm³/mol. The number of hydrogen-bond acceptors (Lipinski definition) is 5. The van der Waals surface area contributed by atoms with Crippen LogP contribution in [0.4, 0.5) is 0 Å². The van der Waals surface area contributed by atoms with Crippen molar-refractivity contribution in [2.24, 2.45) is 5.73 Å². The molecule has 22 heavy (non-hydrogen) atoms. The van der Waals surface area contributed by atoms with E-state index in [0.29, 0.717) is 5.56 Å². The maximum atomic E-state index is 12.3. The summed E-state index contributed by atoms with van der Waals surface area (Å²) in [6.45, 7) is 0. The minimum Gasteiger partial charge on any atom is -0.465 e. The van der Waals surface area contributed by atoms with E-state index in [1.54, 1.807) is 24.3 Å². The Bertz CT molecular complexity index is 622. The van der Waals surface area contributed by atoms with E-state index in [0.717, 1.165) is 25.7 Å². The lowest BCUT2D eigenvalue weighted by Gasteiger charge is -2.26. The van der Waals surface area contributed by atoms with Crippen LogP contribution >= 0.6 is 0 Å². The minimum absolute atomic E-state index is 0.0740. The normalized spacial score (nSPS) is 22.3. The van der Waals surface area contributed by atoms with Gasteiger partial charge in [-0.15, -0.1) is 0 Å². The second kappa shape index (κ2) is 7.21. The van der Waals surface area contributed by atoms with E-state index < -0.39 is 16.0 Å². The number of carbonyl (C=O) groups is 1. The van der Waals surface area contributed by atoms with Crippen LogP contribution in [0.25, 0.3) is 0 Å². The third-order valence-electron chi connectivity index (χ3n) is 3.89. The van der Waals surface area contributed by atoms with Gasteiger partial charge >= 0.3 is 5.97 Å². The van der Waals surface area contributed by atoms with Crippen molar-refractivity contribution in [2.45, 2.75) is 43.5 Å². The van der Waals surface area contributed by atoms with Gasteiger partial charge in [0.05, 0.1) is 18.4 Å². The molecule has 0 saturated heterocycles. The smallest absolute Gasteiger partial charge is 0.338 e. The zero-order valence-electron chi connectivity index (χ0n) is 12.6. The summed E-state index contributed by atoms with van der Waals surface area (Å²) >= 11 is 0. The molecule has 1 fully saturated rings. The summed E-state index contributed by atoms with van der Waals surface area (Å²) < 4.78 is 32.0. The molecule has 3 N–H and O–H groups in total. The number of rotatable bonds is 5. The molecule has 6 nitrogen and oxygen atoms in total. The van der Waals surface area contributed by atoms with Gasteiger partial charge in [0, 0.05) is 12.1 Å². The number of ether oxygens (including phenoxy) is 1. The molecule has 1 aromatic carbocycles. The highest BCUT2D eigenvalue weighted by Crippen LogP contribution is 2.19. The van der Waals surface area contributed by atoms with Crippen LogP contribution in [0.2, 0.25) is 0 Å². The number of carbonyl (C=O) groups excluding carboxylic acids is 1. The number of hydrogen-bond donors (Lipinski definition) is 2. The molecule has 0 unspecified atom stereocenters. The van der Waals surface area contributed by atoms with E-state index in [2.05, 4.69) is 9.46 Å². The fourth-order valence-electron chi connectivity index (χ4n) is 2.69. The standard InChI is InChI=1S/C15H22N2O4S/c1-21-15(18)14-5-3-2-4-11(14)10-22(19,20)17-13-8-6-12(16)7-9-13/h2-5,12-13,17H,6-10,16H2,1H3. The first-order valence-electron chi connectivity index (χ1n) is 7.33. The number of methoxy groups -OCH3 is 1. The summed E-state index contributed by atoms with van der Waals surface area (Å²) in [5, 5.41) is 0. The Hall–Kier alpha value is -1.44. The molecule has 1 aliphatic carbocycles. The van der Waals surface area contributed by atoms with Crippen molar-refractivity contribution < 1.29 is 17.9 Å². The largest absolute Gasteiger partial charge is 0.465 e. The van der Waals surface area contributed by atoms with Gasteiger partial charge in [-0.3, -0.25) is 0 Å². The molecular formula is C15H22N2O4S. The fraction of sp³-hybridized carbons (Fsp3) is 0.533. The first-order chi connectivity index (χ1) is 10.4. The Balaban J connectivity index is 2.07. The van der Waals surface area contributed by atoms with Crippen LogP contribution in [0.3, 0.4) is 0 Å². The number of nitrogens with one attached hydrogen (secondary N) is 1. The van der Waals surface area contributed by atoms with Gasteiger partial charge in [-0.05, 0) is 37.3 Å². The van der Waals surface area contributed by atoms with Gasteiger partial charge in [-0.25, -0.2) is 17.9 Å². The summed E-state index contributed by atoms with van der Waals surface area (Å²) in [6.07, 6.45) is 3.15. The third-order valence-corrected chi connectivity index (χ3v) is 5.27. The van der Waals surface area contributed by atoms with Crippen LogP contribution in [0.15, 0.2) is 24.3 Å². The van der Waals surface area contributed by atoms with Gasteiger partial charge in [0.15, 0.2) is 0 Å². The number of sulfonamides is 1. The average Bonchev–Trinajstić information content (AvgIpc) is 2.49. The lowest BCUT2D eigenvalue weighted by molar-refractivity contribution is 0.0600. The molecule has 0 aliphatic heterocycles. The van der Waals surface area contributed by atoms with Crippen molar-refractivity contribution in [2.75, 3.05) is 7.11 Å². The average molecular weight is 326 g/mol. The molecular weight excluding hydrogens is 304 g/mol. The maximum absolute atomic E-state index is 12.3. The Kier molecular flexibility index (Phi) is 5.55. The van der Waals surface area contributed by atoms with Crippen molar-refractivity contribution in [1.82, 2.24) is 4.72 Å². The van der Waals surface area contributed by atoms with E-state index in [9.17, 15) is 13.2 Å². The molecule has 122 valence electrons. The predicted octanol–water partition coefficient (Wildman–Crippen LogP) is 1.16. The second-order valence-corrected chi connectivity index (χ2v) is 7.39. The lowest BCUT2D eigenvalue weighted by Crippen LogP contribution is -2.41. The van der Waals surface area contributed by atoms with Crippen molar-refractivity contribution >= 4 is 16.0 Å². The summed E-state index contributed by atoms with van der Waals surface area (Å²) in [5.41, 5.74) is 6.54. The zero-order valence-corrected chi connectivity index (χ0v) is 13.4. The topological polar surface area (TPSA) is 98.5 Å². The van der Waals surface area contributed by atoms with E-state index in [4.69, 9.17) is 5.73 Å². The van der Waals surface area contributed by atoms with Crippen LogP contribution in [-0.2, 0) is 20.5 Å². The molecule has 0 spiro atoms. The first kappa shape index (κ1) is 16.9. The molecule has 0 atom stereocenters. The van der Waals surface area contributed by atoms with Crippen LogP contribution < -0.4 is 10.5 Å². The van der Waals surface area contributed by atoms with Crippen LogP contribution in [0, 0.1) is 0 Å². The van der Waals surface area contributed by atoms with Crippen LogP contribution in [0.5, 0.6) is 0 Å². The van der Waals surface area contributed by atoms with Crippen molar-refractivity contribution in [1.29, 1.82) is 0 Å². The quantitative estimate of drug-likeness (QED) is 0.791. The van der Waals surface area contributed by atoms with E-state index in [1.807, 2.05) is 0 Å². The Morgan fingerprint density at radius 2 is 1.91 bits per heavy atom. The Morgan fingerprint density at radius 1 is 1.27 bits per heavy atom. The van der Waals surface area contributed by atoms with E-state index in [1.165, 1.54) is 7.11 Å². The summed E-state index contributed by atoms with van der Waals surface area (Å²) in [4.78, 5) is 11.7. The summed E-state index contributed by atoms with van der Waals surface area (Å²) in [5.74, 6) is -0.768. The van der Waals surface area contributed by atoms with E-state index in [-0.39, 0.29) is 23.4 Å². The van der Waals surface area contributed by atoms with Gasteiger partial charge in [-0.2, -0.15) is 0 Å². The minimum atomic E-state index is -3.51. The zero-order chi connectivity index (χ0) is 16.2. The highest BCUT2D eigenvalue weighted by Gasteiger charge is 2.24. The monoisotopic (exact) mass is 326 g/mol. The van der Waals surface area contributed by atoms with Gasteiger partial charge in [0.25, 0.3) is 0 Å². The van der Waals surface area contributed by atoms with Crippen molar-refractivity contribution in [3.63, 3.8) is 0 Å². The maximum Gasteiger partial charge on any atom is 0.338 e. The molecule has 7 heteroatoms. The molecule has 0 heterocycles. The Morgan fingerprint density at radius 3 is 2.55 bits per heavy atom. The molecule has 1 aliphatic rings. The highest BCUT2D eigenvalue weighted by molar-refractivity contribution is 7.88. The second-order valence-electron chi connectivity index (χ2n) is 5.64. The number of nitrogens with two attached hydrogens (primary N) is 1. The first-order valence-corrected chi connectivity index (χ1v) is 8.98. The number of esters is 1. The fourth-order valence-corrected chi connectivity index (χ4v) is 4.18. The lowest BCUT2D eigenvalue weighted by atomic mass is 9.93. The summed E-state index contributed by atoms with van der Waals surface area (Å²) in [6, 6.07) is 6.67. The third kappa shape index (κ3) is 4.53. The van der Waals surface area contributed by atoms with Gasteiger partial charge in [0.2, 0.25) is 10.0 Å². The highest BCUT2D eigenvalue weighted by atomic mass is 32.2. The van der Waals surface area contributed by atoms with Crippen LogP contribution in [0.1, 0.15) is 41.6 Å². The number of benzene rings is 1. The molecule has 0 aromatic heterocycles. The Labute approximate surface area is 131 Å². The van der Waals surface area contributed by atoms with Gasteiger partial charge < -0.3 is 10.5 Å². The van der Waals surface area contributed by atoms with Crippen molar-refractivity contribution in [3.05, 3.63) is 35.4 Å². The summed E-state index contributed by atoms with van der Waals surface area (Å²) in [7, 11) is -2.24. The van der Waals surface area contributed by atoms with Gasteiger partial charge in [0.1, 0.15) is 0 Å². The molecule has 0 amide bonds. The van der Waals surface area contributed by atoms with Crippen LogP contribution in [-0.4, -0.2) is 33.6 Å². The molecule has 0 bridgehead atoms.